The Hall–Kier alpha value is -2.54. The van der Waals surface area contributed by atoms with Crippen molar-refractivity contribution < 1.29 is 19.1 Å². The van der Waals surface area contributed by atoms with Gasteiger partial charge in [0.25, 0.3) is 0 Å². The molecule has 36 heavy (non-hydrogen) atoms. The van der Waals surface area contributed by atoms with Crippen molar-refractivity contribution >= 4 is 23.2 Å². The Morgan fingerprint density at radius 1 is 1.00 bits per heavy atom. The summed E-state index contributed by atoms with van der Waals surface area (Å²) in [5, 5.41) is 2.04. The molecule has 7 rings (SSSR count). The Morgan fingerprint density at radius 3 is 2.33 bits per heavy atom. The van der Waals surface area contributed by atoms with Crippen molar-refractivity contribution in [1.82, 2.24) is 9.80 Å². The van der Waals surface area contributed by atoms with E-state index >= 15 is 0 Å². The van der Waals surface area contributed by atoms with E-state index in [1.165, 1.54) is 19.3 Å². The van der Waals surface area contributed by atoms with Crippen LogP contribution in [-0.4, -0.2) is 41.0 Å². The molecule has 2 aromatic rings. The summed E-state index contributed by atoms with van der Waals surface area (Å²) >= 11 is 1.65. The molecule has 192 valence electrons. The van der Waals surface area contributed by atoms with E-state index in [1.807, 2.05) is 53.3 Å². The second kappa shape index (κ2) is 9.40. The van der Waals surface area contributed by atoms with Gasteiger partial charge < -0.3 is 19.3 Å². The van der Waals surface area contributed by atoms with E-state index in [4.69, 9.17) is 9.47 Å². The van der Waals surface area contributed by atoms with Crippen LogP contribution in [0.3, 0.4) is 0 Å². The van der Waals surface area contributed by atoms with Crippen molar-refractivity contribution in [3.8, 4) is 11.5 Å². The van der Waals surface area contributed by atoms with E-state index < -0.39 is 0 Å². The lowest BCUT2D eigenvalue weighted by Crippen LogP contribution is -2.57. The minimum Gasteiger partial charge on any atom is -0.454 e. The fourth-order valence-corrected chi connectivity index (χ4v) is 8.21. The fourth-order valence-electron chi connectivity index (χ4n) is 7.49. The summed E-state index contributed by atoms with van der Waals surface area (Å²) in [5.41, 5.74) is 0.752. The summed E-state index contributed by atoms with van der Waals surface area (Å²) in [6.07, 6.45) is 6.97. The molecule has 6 nitrogen and oxygen atoms in total. The van der Waals surface area contributed by atoms with Gasteiger partial charge in [-0.1, -0.05) is 12.1 Å². The maximum atomic E-state index is 14.1. The molecule has 1 aliphatic heterocycles. The molecule has 0 spiro atoms. The van der Waals surface area contributed by atoms with Crippen LogP contribution in [-0.2, 0) is 22.7 Å². The van der Waals surface area contributed by atoms with Gasteiger partial charge >= 0.3 is 0 Å². The van der Waals surface area contributed by atoms with Crippen LogP contribution in [0.2, 0.25) is 0 Å². The first kappa shape index (κ1) is 23.8. The van der Waals surface area contributed by atoms with Crippen LogP contribution in [0, 0.1) is 23.2 Å². The van der Waals surface area contributed by atoms with E-state index in [0.29, 0.717) is 30.8 Å². The van der Waals surface area contributed by atoms with Gasteiger partial charge in [0.15, 0.2) is 11.5 Å². The summed E-state index contributed by atoms with van der Waals surface area (Å²) < 4.78 is 11.0. The lowest BCUT2D eigenvalue weighted by molar-refractivity contribution is -0.162. The molecule has 7 heteroatoms. The third-order valence-corrected chi connectivity index (χ3v) is 9.63. The second-order valence-electron chi connectivity index (χ2n) is 11.7. The number of rotatable bonds is 8. The van der Waals surface area contributed by atoms with Crippen molar-refractivity contribution in [3.05, 3.63) is 46.2 Å². The predicted molar refractivity (Wildman–Crippen MR) is 139 cm³/mol. The van der Waals surface area contributed by atoms with Crippen molar-refractivity contribution in [2.24, 2.45) is 23.2 Å². The largest absolute Gasteiger partial charge is 0.454 e. The number of amides is 2. The van der Waals surface area contributed by atoms with Crippen LogP contribution in [0.15, 0.2) is 35.7 Å². The first-order valence-electron chi connectivity index (χ1n) is 13.4. The van der Waals surface area contributed by atoms with Crippen LogP contribution in [0.5, 0.6) is 11.5 Å². The van der Waals surface area contributed by atoms with Crippen LogP contribution in [0.1, 0.15) is 62.8 Å². The highest BCUT2D eigenvalue weighted by Crippen LogP contribution is 2.60. The first-order valence-corrected chi connectivity index (χ1v) is 14.3. The van der Waals surface area contributed by atoms with Crippen LogP contribution >= 0.6 is 11.3 Å². The van der Waals surface area contributed by atoms with E-state index in [9.17, 15) is 9.59 Å². The van der Waals surface area contributed by atoms with Crippen LogP contribution in [0.25, 0.3) is 0 Å². The minimum atomic E-state index is -0.241. The molecule has 2 heterocycles. The molecule has 0 radical (unpaired) electrons. The number of carbonyl (C=O) groups is 2. The number of fused-ring (bicyclic) bond motifs is 1. The fraction of sp³-hybridized carbons (Fsp3) is 0.586. The van der Waals surface area contributed by atoms with E-state index in [1.54, 1.807) is 11.3 Å². The summed E-state index contributed by atoms with van der Waals surface area (Å²) in [7, 11) is 0. The van der Waals surface area contributed by atoms with Crippen molar-refractivity contribution in [2.75, 3.05) is 13.3 Å². The van der Waals surface area contributed by atoms with Gasteiger partial charge in [-0.2, -0.15) is 0 Å². The van der Waals surface area contributed by atoms with Gasteiger partial charge in [0, 0.05) is 17.5 Å². The number of hydrogen-bond acceptors (Lipinski definition) is 5. The molecule has 2 amide bonds. The first-order chi connectivity index (χ1) is 17.4. The Balaban J connectivity index is 1.21. The monoisotopic (exact) mass is 508 g/mol. The quantitative estimate of drug-likeness (QED) is 0.475. The van der Waals surface area contributed by atoms with Gasteiger partial charge in [-0.05, 0) is 99.3 Å². The van der Waals surface area contributed by atoms with Gasteiger partial charge in [-0.25, -0.2) is 0 Å². The number of carbonyl (C=O) groups excluding carboxylic acids is 2. The zero-order chi connectivity index (χ0) is 24.9. The van der Waals surface area contributed by atoms with E-state index in [2.05, 4.69) is 6.07 Å². The predicted octanol–water partition coefficient (Wildman–Crippen LogP) is 5.46. The molecule has 0 unspecified atom stereocenters. The number of thiophene rings is 1. The van der Waals surface area contributed by atoms with Gasteiger partial charge in [-0.15, -0.1) is 11.3 Å². The summed E-state index contributed by atoms with van der Waals surface area (Å²) in [6.45, 7) is 5.45. The van der Waals surface area contributed by atoms with Gasteiger partial charge in [0.2, 0.25) is 18.6 Å². The number of hydrogen-bond donors (Lipinski definition) is 0. The Bertz CT molecular complexity index is 1090. The molecule has 1 aromatic carbocycles. The van der Waals surface area contributed by atoms with Gasteiger partial charge in [0.05, 0.1) is 12.0 Å². The molecular weight excluding hydrogens is 472 g/mol. The zero-order valence-corrected chi connectivity index (χ0v) is 22.1. The second-order valence-corrected chi connectivity index (χ2v) is 12.8. The lowest BCUT2D eigenvalue weighted by atomic mass is 9.49. The third kappa shape index (κ3) is 4.51. The van der Waals surface area contributed by atoms with Crippen molar-refractivity contribution in [2.45, 2.75) is 71.5 Å². The van der Waals surface area contributed by atoms with Gasteiger partial charge in [-0.3, -0.25) is 9.59 Å². The van der Waals surface area contributed by atoms with Gasteiger partial charge in [0.1, 0.15) is 6.54 Å². The average molecular weight is 509 g/mol. The molecule has 0 saturated heterocycles. The highest BCUT2D eigenvalue weighted by Gasteiger charge is 2.56. The maximum Gasteiger partial charge on any atom is 0.242 e. The SMILES string of the molecule is CC(C)N(CC(=O)N(Cc1ccc2c(c1)OCO2)Cc1cccs1)C(=O)C12CC3CC(CC(C3)C1)C2. The Labute approximate surface area is 217 Å². The maximum absolute atomic E-state index is 14.1. The Morgan fingerprint density at radius 2 is 1.69 bits per heavy atom. The molecule has 1 aromatic heterocycles. The molecular formula is C29H36N2O4S. The molecule has 4 fully saturated rings. The Kier molecular flexibility index (Phi) is 6.22. The smallest absolute Gasteiger partial charge is 0.242 e. The standard InChI is InChI=1S/C29H36N2O4S/c1-19(2)31(28(33)29-12-21-8-22(13-29)10-23(9-21)14-29)17-27(32)30(16-24-4-3-7-36-24)15-20-5-6-25-26(11-20)35-18-34-25/h3-7,11,19,21-23H,8-10,12-18H2,1-2H3. The topological polar surface area (TPSA) is 59.1 Å². The zero-order valence-electron chi connectivity index (χ0n) is 21.3. The molecule has 5 aliphatic rings. The molecule has 4 bridgehead atoms. The highest BCUT2D eigenvalue weighted by atomic mass is 32.1. The molecule has 0 N–H and O–H groups in total. The number of ether oxygens (including phenoxy) is 2. The highest BCUT2D eigenvalue weighted by molar-refractivity contribution is 7.09. The average Bonchev–Trinajstić information content (AvgIpc) is 3.52. The van der Waals surface area contributed by atoms with Crippen molar-refractivity contribution in [1.29, 1.82) is 0 Å². The summed E-state index contributed by atoms with van der Waals surface area (Å²) in [6, 6.07) is 9.91. The molecule has 0 atom stereocenters. The minimum absolute atomic E-state index is 0.00662. The normalized spacial score (nSPS) is 27.5. The van der Waals surface area contributed by atoms with Crippen molar-refractivity contribution in [3.63, 3.8) is 0 Å². The van der Waals surface area contributed by atoms with E-state index in [0.717, 1.165) is 41.2 Å². The van der Waals surface area contributed by atoms with E-state index in [-0.39, 0.29) is 36.6 Å². The third-order valence-electron chi connectivity index (χ3n) is 8.77. The molecule has 4 aliphatic carbocycles. The molecule has 4 saturated carbocycles. The van der Waals surface area contributed by atoms with Crippen LogP contribution in [0.4, 0.5) is 0 Å². The summed E-state index contributed by atoms with van der Waals surface area (Å²) in [4.78, 5) is 32.9. The lowest BCUT2D eigenvalue weighted by Gasteiger charge is -2.57. The van der Waals surface area contributed by atoms with Crippen LogP contribution < -0.4 is 9.47 Å². The number of nitrogens with zero attached hydrogens (tertiary/aromatic N) is 2. The number of benzene rings is 1. The summed E-state index contributed by atoms with van der Waals surface area (Å²) in [5.74, 6) is 3.78.